The molecule has 0 bridgehead atoms. The Kier molecular flexibility index (Phi) is 5.50. The molecular formula is C26H18ClN3O3. The van der Waals surface area contributed by atoms with Gasteiger partial charge in [-0.05, 0) is 60.7 Å². The molecule has 3 heterocycles. The van der Waals surface area contributed by atoms with E-state index in [-0.39, 0.29) is 11.8 Å². The highest BCUT2D eigenvalue weighted by Crippen LogP contribution is 2.35. The Balaban J connectivity index is 1.35. The molecule has 0 saturated heterocycles. The second-order valence-corrected chi connectivity index (χ2v) is 7.93. The van der Waals surface area contributed by atoms with Crippen molar-refractivity contribution in [3.8, 4) is 11.3 Å². The molecule has 1 aliphatic heterocycles. The van der Waals surface area contributed by atoms with E-state index in [1.54, 1.807) is 54.7 Å². The molecule has 2 aromatic heterocycles. The molecule has 2 amide bonds. The Morgan fingerprint density at radius 2 is 1.97 bits per heavy atom. The SMILES string of the molecule is O=C1Nc2ccc(Cl)cc2C1=Cc1ccc(-c2cccc(C(=O)NCc3ccccn3)c2)o1. The second-order valence-electron chi connectivity index (χ2n) is 7.49. The highest BCUT2D eigenvalue weighted by molar-refractivity contribution is 6.36. The third-order valence-corrected chi connectivity index (χ3v) is 5.48. The van der Waals surface area contributed by atoms with Gasteiger partial charge in [-0.3, -0.25) is 14.6 Å². The van der Waals surface area contributed by atoms with E-state index in [0.29, 0.717) is 39.9 Å². The maximum Gasteiger partial charge on any atom is 0.256 e. The molecule has 4 aromatic rings. The lowest BCUT2D eigenvalue weighted by Crippen LogP contribution is -2.23. The van der Waals surface area contributed by atoms with Crippen LogP contribution in [0.5, 0.6) is 0 Å². The van der Waals surface area contributed by atoms with Crippen LogP contribution < -0.4 is 10.6 Å². The van der Waals surface area contributed by atoms with Crippen LogP contribution >= 0.6 is 11.6 Å². The van der Waals surface area contributed by atoms with Crippen molar-refractivity contribution in [1.29, 1.82) is 0 Å². The average Bonchev–Trinajstić information content (AvgIpc) is 3.43. The number of aromatic nitrogens is 1. The van der Waals surface area contributed by atoms with Gasteiger partial charge in [0.2, 0.25) is 0 Å². The van der Waals surface area contributed by atoms with Crippen molar-refractivity contribution in [2.45, 2.75) is 6.54 Å². The summed E-state index contributed by atoms with van der Waals surface area (Å²) in [5.74, 6) is 0.697. The monoisotopic (exact) mass is 455 g/mol. The van der Waals surface area contributed by atoms with Crippen molar-refractivity contribution >= 4 is 40.8 Å². The molecule has 6 nitrogen and oxygen atoms in total. The van der Waals surface area contributed by atoms with Gasteiger partial charge in [0, 0.05) is 33.6 Å². The zero-order valence-electron chi connectivity index (χ0n) is 17.3. The number of amides is 2. The van der Waals surface area contributed by atoms with Crippen LogP contribution in [0.2, 0.25) is 5.02 Å². The molecule has 7 heteroatoms. The zero-order chi connectivity index (χ0) is 22.8. The topological polar surface area (TPSA) is 84.2 Å². The lowest BCUT2D eigenvalue weighted by atomic mass is 10.1. The van der Waals surface area contributed by atoms with E-state index in [4.69, 9.17) is 16.0 Å². The smallest absolute Gasteiger partial charge is 0.256 e. The third-order valence-electron chi connectivity index (χ3n) is 5.24. The molecule has 2 aromatic carbocycles. The number of hydrogen-bond donors (Lipinski definition) is 2. The van der Waals surface area contributed by atoms with Gasteiger partial charge in [0.05, 0.1) is 17.8 Å². The second kappa shape index (κ2) is 8.76. The molecule has 0 aliphatic carbocycles. The predicted molar refractivity (Wildman–Crippen MR) is 128 cm³/mol. The van der Waals surface area contributed by atoms with Crippen molar-refractivity contribution in [2.24, 2.45) is 0 Å². The van der Waals surface area contributed by atoms with E-state index in [1.165, 1.54) is 0 Å². The molecule has 5 rings (SSSR count). The standard InChI is InChI=1S/C26H18ClN3O3/c27-18-7-9-23-21(13-18)22(26(32)30-23)14-20-8-10-24(33-20)16-4-3-5-17(12-16)25(31)29-15-19-6-1-2-11-28-19/h1-14H,15H2,(H,29,31)(H,30,32). The summed E-state index contributed by atoms with van der Waals surface area (Å²) in [4.78, 5) is 29.2. The Morgan fingerprint density at radius 3 is 2.82 bits per heavy atom. The summed E-state index contributed by atoms with van der Waals surface area (Å²) in [6.45, 7) is 0.343. The number of carbonyl (C=O) groups is 2. The number of rotatable bonds is 5. The van der Waals surface area contributed by atoms with E-state index < -0.39 is 0 Å². The summed E-state index contributed by atoms with van der Waals surface area (Å²) >= 11 is 6.10. The fourth-order valence-electron chi connectivity index (χ4n) is 3.62. The molecule has 2 N–H and O–H groups in total. The average molecular weight is 456 g/mol. The van der Waals surface area contributed by atoms with Crippen LogP contribution in [0.15, 0.2) is 83.4 Å². The first-order valence-electron chi connectivity index (χ1n) is 10.3. The van der Waals surface area contributed by atoms with Crippen LogP contribution in [0.4, 0.5) is 5.69 Å². The summed E-state index contributed by atoms with van der Waals surface area (Å²) in [6.07, 6.45) is 3.37. The fraction of sp³-hybridized carbons (Fsp3) is 0.0385. The van der Waals surface area contributed by atoms with Crippen molar-refractivity contribution < 1.29 is 14.0 Å². The van der Waals surface area contributed by atoms with Gasteiger partial charge in [0.1, 0.15) is 11.5 Å². The van der Waals surface area contributed by atoms with Crippen molar-refractivity contribution in [3.05, 3.63) is 107 Å². The van der Waals surface area contributed by atoms with E-state index in [0.717, 1.165) is 16.8 Å². The molecule has 1 aliphatic rings. The number of carbonyl (C=O) groups excluding carboxylic acids is 2. The van der Waals surface area contributed by atoms with Crippen LogP contribution in [0, 0.1) is 0 Å². The quantitative estimate of drug-likeness (QED) is 0.394. The molecule has 162 valence electrons. The van der Waals surface area contributed by atoms with Crippen molar-refractivity contribution in [2.75, 3.05) is 5.32 Å². The molecule has 0 unspecified atom stereocenters. The van der Waals surface area contributed by atoms with Crippen LogP contribution in [0.25, 0.3) is 23.0 Å². The van der Waals surface area contributed by atoms with Gasteiger partial charge in [-0.1, -0.05) is 29.8 Å². The van der Waals surface area contributed by atoms with Crippen LogP contribution in [0.3, 0.4) is 0 Å². The lowest BCUT2D eigenvalue weighted by molar-refractivity contribution is -0.110. The Morgan fingerprint density at radius 1 is 1.06 bits per heavy atom. The summed E-state index contributed by atoms with van der Waals surface area (Å²) in [7, 11) is 0. The summed E-state index contributed by atoms with van der Waals surface area (Å²) in [5, 5.41) is 6.24. The predicted octanol–water partition coefficient (Wildman–Crippen LogP) is 5.42. The van der Waals surface area contributed by atoms with Crippen molar-refractivity contribution in [1.82, 2.24) is 10.3 Å². The summed E-state index contributed by atoms with van der Waals surface area (Å²) in [6, 6.07) is 21.6. The minimum atomic E-state index is -0.211. The Hall–Kier alpha value is -4.16. The van der Waals surface area contributed by atoms with Gasteiger partial charge < -0.3 is 15.1 Å². The lowest BCUT2D eigenvalue weighted by Gasteiger charge is -2.06. The molecule has 0 saturated carbocycles. The van der Waals surface area contributed by atoms with Crippen molar-refractivity contribution in [3.63, 3.8) is 0 Å². The Labute approximate surface area is 194 Å². The van der Waals surface area contributed by atoms with Crippen LogP contribution in [-0.2, 0) is 11.3 Å². The van der Waals surface area contributed by atoms with E-state index in [9.17, 15) is 9.59 Å². The van der Waals surface area contributed by atoms with Gasteiger partial charge in [-0.25, -0.2) is 0 Å². The number of pyridine rings is 1. The van der Waals surface area contributed by atoms with Gasteiger partial charge in [-0.15, -0.1) is 0 Å². The summed E-state index contributed by atoms with van der Waals surface area (Å²) in [5.41, 5.74) is 3.98. The highest BCUT2D eigenvalue weighted by atomic mass is 35.5. The van der Waals surface area contributed by atoms with Gasteiger partial charge >= 0.3 is 0 Å². The van der Waals surface area contributed by atoms with E-state index in [2.05, 4.69) is 15.6 Å². The first kappa shape index (κ1) is 20.7. The maximum absolute atomic E-state index is 12.6. The minimum Gasteiger partial charge on any atom is -0.457 e. The molecular weight excluding hydrogens is 438 g/mol. The number of furan rings is 1. The number of benzene rings is 2. The third kappa shape index (κ3) is 4.42. The number of nitrogens with one attached hydrogen (secondary N) is 2. The fourth-order valence-corrected chi connectivity index (χ4v) is 3.79. The number of halogens is 1. The molecule has 0 atom stereocenters. The van der Waals surface area contributed by atoms with E-state index >= 15 is 0 Å². The highest BCUT2D eigenvalue weighted by Gasteiger charge is 2.24. The zero-order valence-corrected chi connectivity index (χ0v) is 18.1. The van der Waals surface area contributed by atoms with Gasteiger partial charge in [0.25, 0.3) is 11.8 Å². The normalized spacial score (nSPS) is 13.6. The molecule has 0 fully saturated rings. The first-order valence-corrected chi connectivity index (χ1v) is 10.7. The van der Waals surface area contributed by atoms with E-state index in [1.807, 2.05) is 30.3 Å². The molecule has 33 heavy (non-hydrogen) atoms. The van der Waals surface area contributed by atoms with Gasteiger partial charge in [0.15, 0.2) is 0 Å². The number of nitrogens with zero attached hydrogens (tertiary/aromatic N) is 1. The van der Waals surface area contributed by atoms with Crippen LogP contribution in [-0.4, -0.2) is 16.8 Å². The first-order chi connectivity index (χ1) is 16.1. The van der Waals surface area contributed by atoms with Gasteiger partial charge in [-0.2, -0.15) is 0 Å². The molecule has 0 spiro atoms. The number of fused-ring (bicyclic) bond motifs is 1. The molecule has 0 radical (unpaired) electrons. The number of hydrogen-bond acceptors (Lipinski definition) is 4. The largest absolute Gasteiger partial charge is 0.457 e. The minimum absolute atomic E-state index is 0.201. The summed E-state index contributed by atoms with van der Waals surface area (Å²) < 4.78 is 5.96. The maximum atomic E-state index is 12.6. The number of anilines is 1. The Bertz CT molecular complexity index is 1390. The van der Waals surface area contributed by atoms with Crippen LogP contribution in [0.1, 0.15) is 27.4 Å².